The van der Waals surface area contributed by atoms with E-state index in [4.69, 9.17) is 0 Å². The van der Waals surface area contributed by atoms with Crippen LogP contribution in [-0.2, 0) is 21.2 Å². The number of unbranched alkanes of at least 4 members (excludes halogenated alkanes) is 1. The van der Waals surface area contributed by atoms with Crippen molar-refractivity contribution >= 4 is 32.6 Å². The summed E-state index contributed by atoms with van der Waals surface area (Å²) >= 11 is 0. The van der Waals surface area contributed by atoms with Gasteiger partial charge in [0.15, 0.2) is 15.5 Å². The molecule has 12 heteroatoms. The van der Waals surface area contributed by atoms with Gasteiger partial charge in [-0.15, -0.1) is 0 Å². The van der Waals surface area contributed by atoms with Gasteiger partial charge in [-0.2, -0.15) is 18.3 Å². The SMILES string of the molecule is CC(C)(C)[C@H](NC(=O)c1nn(CCCCC(F)(F)F)c2ccccc12)C(=O)NC1CCS(=O)(=O)C1. The van der Waals surface area contributed by atoms with Crippen LogP contribution in [0.3, 0.4) is 0 Å². The molecule has 3 rings (SSSR count). The summed E-state index contributed by atoms with van der Waals surface area (Å²) in [4.78, 5) is 26.2. The van der Waals surface area contributed by atoms with Gasteiger partial charge in [0.25, 0.3) is 5.91 Å². The molecule has 2 aromatic rings. The van der Waals surface area contributed by atoms with Crippen molar-refractivity contribution < 1.29 is 31.2 Å². The number of hydrogen-bond donors (Lipinski definition) is 2. The van der Waals surface area contributed by atoms with Gasteiger partial charge in [0, 0.05) is 24.4 Å². The van der Waals surface area contributed by atoms with Crippen molar-refractivity contribution in [3.63, 3.8) is 0 Å². The van der Waals surface area contributed by atoms with Gasteiger partial charge in [-0.1, -0.05) is 39.0 Å². The van der Waals surface area contributed by atoms with Crippen LogP contribution in [-0.4, -0.2) is 59.8 Å². The maximum absolute atomic E-state index is 13.2. The molecule has 0 radical (unpaired) electrons. The molecule has 1 aliphatic rings. The fourth-order valence-corrected chi connectivity index (χ4v) is 5.79. The largest absolute Gasteiger partial charge is 0.389 e. The number of fused-ring (bicyclic) bond motifs is 1. The minimum Gasteiger partial charge on any atom is -0.351 e. The first-order chi connectivity index (χ1) is 16.2. The van der Waals surface area contributed by atoms with Crippen LogP contribution < -0.4 is 10.6 Å². The standard InChI is InChI=1S/C23H31F3N4O4S/c1-22(2,3)19(21(32)27-15-10-13-35(33,34)14-15)28-20(31)18-16-8-4-5-9-17(16)30(29-18)12-7-6-11-23(24,25)26/h4-5,8-9,15,19H,6-7,10-14H2,1-3H3,(H,27,32)(H,28,31)/t15?,19-/m1/s1. The number of para-hydroxylation sites is 1. The highest BCUT2D eigenvalue weighted by Crippen LogP contribution is 2.25. The number of carbonyl (C=O) groups excluding carboxylic acids is 2. The monoisotopic (exact) mass is 516 g/mol. The molecule has 0 bridgehead atoms. The molecule has 0 saturated carbocycles. The molecular weight excluding hydrogens is 485 g/mol. The van der Waals surface area contributed by atoms with Gasteiger partial charge in [-0.3, -0.25) is 14.3 Å². The van der Waals surface area contributed by atoms with E-state index >= 15 is 0 Å². The zero-order chi connectivity index (χ0) is 26.0. The fourth-order valence-electron chi connectivity index (χ4n) is 4.12. The minimum atomic E-state index is -4.22. The summed E-state index contributed by atoms with van der Waals surface area (Å²) in [5.74, 6) is -1.20. The van der Waals surface area contributed by atoms with E-state index in [1.54, 1.807) is 45.0 Å². The second-order valence-corrected chi connectivity index (χ2v) is 12.3. The first-order valence-electron chi connectivity index (χ1n) is 11.5. The van der Waals surface area contributed by atoms with E-state index in [1.165, 1.54) is 4.68 Å². The third-order valence-electron chi connectivity index (χ3n) is 5.94. The fraction of sp³-hybridized carbons (Fsp3) is 0.609. The highest BCUT2D eigenvalue weighted by Gasteiger charge is 2.37. The van der Waals surface area contributed by atoms with Gasteiger partial charge < -0.3 is 10.6 Å². The predicted octanol–water partition coefficient (Wildman–Crippen LogP) is 3.22. The lowest BCUT2D eigenvalue weighted by Crippen LogP contribution is -2.55. The number of nitrogens with one attached hydrogen (secondary N) is 2. The Morgan fingerprint density at radius 1 is 1.17 bits per heavy atom. The molecule has 8 nitrogen and oxygen atoms in total. The zero-order valence-corrected chi connectivity index (χ0v) is 20.8. The second-order valence-electron chi connectivity index (χ2n) is 10.0. The van der Waals surface area contributed by atoms with E-state index in [9.17, 15) is 31.2 Å². The molecule has 2 N–H and O–H groups in total. The number of aromatic nitrogens is 2. The molecule has 0 spiro atoms. The summed E-state index contributed by atoms with van der Waals surface area (Å²) in [6, 6.07) is 5.43. The van der Waals surface area contributed by atoms with Crippen LogP contribution in [0.2, 0.25) is 0 Å². The molecule has 1 fully saturated rings. The minimum absolute atomic E-state index is 0.0108. The molecule has 1 aromatic carbocycles. The van der Waals surface area contributed by atoms with Crippen LogP contribution in [0.15, 0.2) is 24.3 Å². The number of benzene rings is 1. The van der Waals surface area contributed by atoms with Crippen LogP contribution in [0.4, 0.5) is 13.2 Å². The van der Waals surface area contributed by atoms with Gasteiger partial charge in [-0.25, -0.2) is 8.42 Å². The van der Waals surface area contributed by atoms with E-state index in [1.807, 2.05) is 0 Å². The first-order valence-corrected chi connectivity index (χ1v) is 13.3. The molecule has 194 valence electrons. The normalized spacial score (nSPS) is 19.0. The smallest absolute Gasteiger partial charge is 0.351 e. The quantitative estimate of drug-likeness (QED) is 0.524. The molecular formula is C23H31F3N4O4S. The topological polar surface area (TPSA) is 110 Å². The van der Waals surface area contributed by atoms with E-state index in [2.05, 4.69) is 15.7 Å². The third-order valence-corrected chi connectivity index (χ3v) is 7.70. The lowest BCUT2D eigenvalue weighted by molar-refractivity contribution is -0.135. The van der Waals surface area contributed by atoms with Crippen molar-refractivity contribution in [3.05, 3.63) is 30.0 Å². The van der Waals surface area contributed by atoms with Crippen LogP contribution in [0, 0.1) is 5.41 Å². The molecule has 1 saturated heterocycles. The first kappa shape index (κ1) is 27.0. The molecule has 1 unspecified atom stereocenters. The molecule has 1 aromatic heterocycles. The lowest BCUT2D eigenvalue weighted by atomic mass is 9.85. The van der Waals surface area contributed by atoms with Gasteiger partial charge >= 0.3 is 6.18 Å². The molecule has 35 heavy (non-hydrogen) atoms. The second kappa shape index (κ2) is 10.2. The van der Waals surface area contributed by atoms with E-state index in [-0.39, 0.29) is 36.6 Å². The molecule has 2 atom stereocenters. The van der Waals surface area contributed by atoms with Crippen LogP contribution in [0.1, 0.15) is 56.9 Å². The Bertz CT molecular complexity index is 1190. The van der Waals surface area contributed by atoms with Crippen LogP contribution >= 0.6 is 0 Å². The Balaban J connectivity index is 1.76. The summed E-state index contributed by atoms with van der Waals surface area (Å²) in [5, 5.41) is 10.3. The Morgan fingerprint density at radius 2 is 1.86 bits per heavy atom. The van der Waals surface area contributed by atoms with Gasteiger partial charge in [0.2, 0.25) is 5.91 Å². The van der Waals surface area contributed by atoms with Crippen molar-refractivity contribution in [1.29, 1.82) is 0 Å². The number of alkyl halides is 3. The van der Waals surface area contributed by atoms with E-state index < -0.39 is 51.7 Å². The third kappa shape index (κ3) is 7.18. The predicted molar refractivity (Wildman–Crippen MR) is 126 cm³/mol. The van der Waals surface area contributed by atoms with Crippen LogP contribution in [0.25, 0.3) is 10.9 Å². The highest BCUT2D eigenvalue weighted by molar-refractivity contribution is 7.91. The van der Waals surface area contributed by atoms with Gasteiger partial charge in [-0.05, 0) is 30.7 Å². The van der Waals surface area contributed by atoms with E-state index in [0.717, 1.165) is 0 Å². The number of rotatable bonds is 8. The van der Waals surface area contributed by atoms with E-state index in [0.29, 0.717) is 17.3 Å². The Morgan fingerprint density at radius 3 is 2.46 bits per heavy atom. The summed E-state index contributed by atoms with van der Waals surface area (Å²) < 4.78 is 62.3. The number of halogens is 3. The Hall–Kier alpha value is -2.63. The Labute approximate surface area is 202 Å². The molecule has 2 amide bonds. The number of amides is 2. The molecule has 0 aliphatic carbocycles. The van der Waals surface area contributed by atoms with Crippen LogP contribution in [0.5, 0.6) is 0 Å². The number of sulfone groups is 1. The summed E-state index contributed by atoms with van der Waals surface area (Å²) in [5.41, 5.74) is -0.00723. The number of hydrogen-bond acceptors (Lipinski definition) is 5. The number of aryl methyl sites for hydroxylation is 1. The summed E-state index contributed by atoms with van der Waals surface area (Å²) in [6.45, 7) is 5.55. The maximum atomic E-state index is 13.2. The average molecular weight is 517 g/mol. The number of carbonyl (C=O) groups is 2. The number of nitrogens with zero attached hydrogens (tertiary/aromatic N) is 2. The van der Waals surface area contributed by atoms with Gasteiger partial charge in [0.1, 0.15) is 6.04 Å². The summed E-state index contributed by atoms with van der Waals surface area (Å²) in [7, 11) is -3.19. The summed E-state index contributed by atoms with van der Waals surface area (Å²) in [6.07, 6.45) is -4.60. The molecule has 1 aliphatic heterocycles. The van der Waals surface area contributed by atoms with Gasteiger partial charge in [0.05, 0.1) is 17.0 Å². The van der Waals surface area contributed by atoms with Crippen molar-refractivity contribution in [2.24, 2.45) is 5.41 Å². The average Bonchev–Trinajstić information content (AvgIpc) is 3.27. The van der Waals surface area contributed by atoms with Crippen molar-refractivity contribution in [3.8, 4) is 0 Å². The van der Waals surface area contributed by atoms with Crippen molar-refractivity contribution in [2.45, 2.75) is 71.3 Å². The molecule has 2 heterocycles. The maximum Gasteiger partial charge on any atom is 0.389 e. The lowest BCUT2D eigenvalue weighted by Gasteiger charge is -2.31. The van der Waals surface area contributed by atoms with Crippen molar-refractivity contribution in [1.82, 2.24) is 20.4 Å². The van der Waals surface area contributed by atoms with Crippen molar-refractivity contribution in [2.75, 3.05) is 11.5 Å². The zero-order valence-electron chi connectivity index (χ0n) is 20.0. The Kier molecular flexibility index (Phi) is 7.83. The highest BCUT2D eigenvalue weighted by atomic mass is 32.2.